The van der Waals surface area contributed by atoms with Crippen molar-refractivity contribution in [2.45, 2.75) is 19.3 Å². The molecule has 0 radical (unpaired) electrons. The van der Waals surface area contributed by atoms with Crippen LogP contribution in [0.3, 0.4) is 0 Å². The number of hydrogen-bond donors (Lipinski definition) is 1. The maximum atomic E-state index is 11.0. The Bertz CT molecular complexity index is 421. The molecule has 0 aliphatic rings. The summed E-state index contributed by atoms with van der Waals surface area (Å²) in [5.41, 5.74) is 1.65. The van der Waals surface area contributed by atoms with Crippen molar-refractivity contribution in [2.75, 3.05) is 7.11 Å². The molecule has 16 heavy (non-hydrogen) atoms. The Morgan fingerprint density at radius 2 is 2.25 bits per heavy atom. The molecule has 0 saturated heterocycles. The highest BCUT2D eigenvalue weighted by Gasteiger charge is 2.06. The normalized spacial score (nSPS) is 9.50. The zero-order valence-corrected chi connectivity index (χ0v) is 9.06. The average Bonchev–Trinajstić information content (AvgIpc) is 2.28. The van der Waals surface area contributed by atoms with Gasteiger partial charge in [0.2, 0.25) is 0 Å². The molecule has 0 atom stereocenters. The van der Waals surface area contributed by atoms with Crippen molar-refractivity contribution in [1.29, 1.82) is 5.26 Å². The van der Waals surface area contributed by atoms with E-state index in [1.807, 2.05) is 6.07 Å². The highest BCUT2D eigenvalue weighted by molar-refractivity contribution is 5.69. The van der Waals surface area contributed by atoms with Crippen molar-refractivity contribution in [2.24, 2.45) is 0 Å². The third-order valence-electron chi connectivity index (χ3n) is 2.29. The minimum Gasteiger partial charge on any atom is -0.508 e. The van der Waals surface area contributed by atoms with Crippen molar-refractivity contribution in [1.82, 2.24) is 0 Å². The predicted molar refractivity (Wildman–Crippen MR) is 57.8 cm³/mol. The van der Waals surface area contributed by atoms with Crippen LogP contribution in [-0.4, -0.2) is 18.2 Å². The van der Waals surface area contributed by atoms with Gasteiger partial charge in [-0.1, -0.05) is 6.07 Å². The van der Waals surface area contributed by atoms with Gasteiger partial charge >= 0.3 is 5.97 Å². The van der Waals surface area contributed by atoms with Gasteiger partial charge in [0.25, 0.3) is 0 Å². The van der Waals surface area contributed by atoms with E-state index >= 15 is 0 Å². The van der Waals surface area contributed by atoms with E-state index < -0.39 is 0 Å². The monoisotopic (exact) mass is 219 g/mol. The van der Waals surface area contributed by atoms with E-state index in [-0.39, 0.29) is 24.6 Å². The zero-order chi connectivity index (χ0) is 12.0. The molecule has 1 rings (SSSR count). The van der Waals surface area contributed by atoms with Gasteiger partial charge in [0.1, 0.15) is 5.75 Å². The molecule has 0 unspecified atom stereocenters. The average molecular weight is 219 g/mol. The first kappa shape index (κ1) is 12.1. The number of methoxy groups -OCH3 is 1. The second kappa shape index (κ2) is 5.76. The summed E-state index contributed by atoms with van der Waals surface area (Å²) in [5.74, 6) is -0.150. The molecule has 1 aromatic carbocycles. The quantitative estimate of drug-likeness (QED) is 0.780. The highest BCUT2D eigenvalue weighted by atomic mass is 16.5. The summed E-state index contributed by atoms with van der Waals surface area (Å²) in [6, 6.07) is 6.85. The molecule has 0 spiro atoms. The number of benzene rings is 1. The first-order valence-corrected chi connectivity index (χ1v) is 4.92. The van der Waals surface area contributed by atoms with Gasteiger partial charge in [0.05, 0.1) is 19.6 Å². The van der Waals surface area contributed by atoms with Crippen LogP contribution < -0.4 is 0 Å². The Balaban J connectivity index is 2.78. The number of esters is 1. The van der Waals surface area contributed by atoms with Gasteiger partial charge < -0.3 is 9.84 Å². The molecular weight excluding hydrogens is 206 g/mol. The second-order valence-corrected chi connectivity index (χ2v) is 3.36. The molecule has 0 amide bonds. The topological polar surface area (TPSA) is 70.3 Å². The molecule has 0 aliphatic carbocycles. The number of phenols is 1. The van der Waals surface area contributed by atoms with Gasteiger partial charge in [-0.25, -0.2) is 0 Å². The molecule has 0 heterocycles. The molecule has 84 valence electrons. The lowest BCUT2D eigenvalue weighted by atomic mass is 10.0. The number of phenolic OH excluding ortho intramolecular Hbond substituents is 1. The van der Waals surface area contributed by atoms with E-state index in [0.717, 1.165) is 11.1 Å². The van der Waals surface area contributed by atoms with Crippen molar-refractivity contribution in [3.05, 3.63) is 29.3 Å². The molecule has 0 aliphatic heterocycles. The summed E-state index contributed by atoms with van der Waals surface area (Å²) in [6.45, 7) is 0. The van der Waals surface area contributed by atoms with Crippen molar-refractivity contribution >= 4 is 5.97 Å². The number of nitrogens with zero attached hydrogens (tertiary/aromatic N) is 1. The van der Waals surface area contributed by atoms with Gasteiger partial charge in [-0.3, -0.25) is 4.79 Å². The zero-order valence-electron chi connectivity index (χ0n) is 9.06. The van der Waals surface area contributed by atoms with E-state index in [4.69, 9.17) is 5.26 Å². The van der Waals surface area contributed by atoms with E-state index in [2.05, 4.69) is 4.74 Å². The van der Waals surface area contributed by atoms with Gasteiger partial charge in [0, 0.05) is 6.42 Å². The number of aromatic hydroxyl groups is 1. The maximum absolute atomic E-state index is 11.0. The first-order valence-electron chi connectivity index (χ1n) is 4.92. The lowest BCUT2D eigenvalue weighted by Crippen LogP contribution is -2.03. The van der Waals surface area contributed by atoms with E-state index in [0.29, 0.717) is 6.42 Å². The van der Waals surface area contributed by atoms with Crippen LogP contribution in [0.4, 0.5) is 0 Å². The Kier molecular flexibility index (Phi) is 4.34. The van der Waals surface area contributed by atoms with Gasteiger partial charge in [0.15, 0.2) is 0 Å². The largest absolute Gasteiger partial charge is 0.508 e. The number of ether oxygens (including phenoxy) is 1. The number of rotatable bonds is 4. The number of hydrogen-bond acceptors (Lipinski definition) is 4. The Hall–Kier alpha value is -2.02. The number of nitriles is 1. The smallest absolute Gasteiger partial charge is 0.305 e. The summed E-state index contributed by atoms with van der Waals surface area (Å²) in [4.78, 5) is 11.0. The predicted octanol–water partition coefficient (Wildman–Crippen LogP) is 1.56. The van der Waals surface area contributed by atoms with Crippen LogP contribution in [0.5, 0.6) is 5.75 Å². The van der Waals surface area contributed by atoms with E-state index in [1.165, 1.54) is 7.11 Å². The highest BCUT2D eigenvalue weighted by Crippen LogP contribution is 2.18. The van der Waals surface area contributed by atoms with Crippen LogP contribution in [0, 0.1) is 11.3 Å². The fraction of sp³-hybridized carbons (Fsp3) is 0.333. The molecule has 4 nitrogen and oxygen atoms in total. The van der Waals surface area contributed by atoms with Crippen LogP contribution in [0.25, 0.3) is 0 Å². The van der Waals surface area contributed by atoms with Crippen LogP contribution in [-0.2, 0) is 22.4 Å². The van der Waals surface area contributed by atoms with Gasteiger partial charge in [-0.2, -0.15) is 5.26 Å². The Morgan fingerprint density at radius 3 is 2.88 bits per heavy atom. The molecule has 0 bridgehead atoms. The summed E-state index contributed by atoms with van der Waals surface area (Å²) in [6.07, 6.45) is 1.02. The number of carbonyl (C=O) groups is 1. The number of carbonyl (C=O) groups excluding carboxylic acids is 1. The third kappa shape index (κ3) is 3.28. The molecule has 0 saturated carbocycles. The van der Waals surface area contributed by atoms with Crippen molar-refractivity contribution in [3.8, 4) is 11.8 Å². The van der Waals surface area contributed by atoms with E-state index in [9.17, 15) is 9.90 Å². The standard InChI is InChI=1S/C12H13NO3/c1-16-12(15)5-3-9-2-4-11(14)8-10(9)6-7-13/h2,4,8,14H,3,5-6H2,1H3. The van der Waals surface area contributed by atoms with Gasteiger partial charge in [-0.15, -0.1) is 0 Å². The Morgan fingerprint density at radius 1 is 1.50 bits per heavy atom. The molecule has 1 aromatic rings. The minimum absolute atomic E-state index is 0.132. The lowest BCUT2D eigenvalue weighted by Gasteiger charge is -2.06. The summed E-state index contributed by atoms with van der Waals surface area (Å²) in [5, 5.41) is 17.9. The van der Waals surface area contributed by atoms with Crippen LogP contribution >= 0.6 is 0 Å². The third-order valence-corrected chi connectivity index (χ3v) is 2.29. The van der Waals surface area contributed by atoms with Gasteiger partial charge in [-0.05, 0) is 29.7 Å². The maximum Gasteiger partial charge on any atom is 0.305 e. The molecule has 4 heteroatoms. The summed E-state index contributed by atoms with van der Waals surface area (Å²) < 4.78 is 4.54. The van der Waals surface area contributed by atoms with Crippen LogP contribution in [0.15, 0.2) is 18.2 Å². The molecule has 1 N–H and O–H groups in total. The summed E-state index contributed by atoms with van der Waals surface area (Å²) >= 11 is 0. The fourth-order valence-corrected chi connectivity index (χ4v) is 1.44. The van der Waals surface area contributed by atoms with Crippen LogP contribution in [0.1, 0.15) is 17.5 Å². The SMILES string of the molecule is COC(=O)CCc1ccc(O)cc1CC#N. The number of aryl methyl sites for hydroxylation is 1. The van der Waals surface area contributed by atoms with Crippen LogP contribution in [0.2, 0.25) is 0 Å². The molecule has 0 aromatic heterocycles. The Labute approximate surface area is 94.1 Å². The second-order valence-electron chi connectivity index (χ2n) is 3.36. The molecular formula is C12H13NO3. The van der Waals surface area contributed by atoms with E-state index in [1.54, 1.807) is 18.2 Å². The fourth-order valence-electron chi connectivity index (χ4n) is 1.44. The first-order chi connectivity index (χ1) is 7.67. The van der Waals surface area contributed by atoms with Crippen molar-refractivity contribution < 1.29 is 14.6 Å². The molecule has 0 fully saturated rings. The minimum atomic E-state index is -0.281. The lowest BCUT2D eigenvalue weighted by molar-refractivity contribution is -0.140. The van der Waals surface area contributed by atoms with Crippen molar-refractivity contribution in [3.63, 3.8) is 0 Å². The summed E-state index contributed by atoms with van der Waals surface area (Å²) in [7, 11) is 1.34.